The van der Waals surface area contributed by atoms with E-state index in [9.17, 15) is 9.59 Å². The maximum absolute atomic E-state index is 11.9. The van der Waals surface area contributed by atoms with Crippen LogP contribution in [-0.4, -0.2) is 54.4 Å². The summed E-state index contributed by atoms with van der Waals surface area (Å²) in [7, 11) is 0. The number of hydrogen-bond donors (Lipinski definition) is 0. The zero-order chi connectivity index (χ0) is 14.5. The van der Waals surface area contributed by atoms with E-state index < -0.39 is 0 Å². The van der Waals surface area contributed by atoms with Crippen LogP contribution >= 0.6 is 15.9 Å². The summed E-state index contributed by atoms with van der Waals surface area (Å²) in [6, 6.07) is 7.49. The first-order valence-corrected chi connectivity index (χ1v) is 7.33. The number of hydrogen-bond acceptors (Lipinski definition) is 3. The smallest absolute Gasteiger partial charge is 0.242 e. The molecule has 1 aromatic rings. The third-order valence-electron chi connectivity index (χ3n) is 3.18. The van der Waals surface area contributed by atoms with Gasteiger partial charge >= 0.3 is 0 Å². The van der Waals surface area contributed by atoms with Crippen LogP contribution < -0.4 is 4.74 Å². The first-order chi connectivity index (χ1) is 9.60. The minimum absolute atomic E-state index is 0.00394. The van der Waals surface area contributed by atoms with E-state index in [2.05, 4.69) is 15.9 Å². The van der Waals surface area contributed by atoms with Crippen LogP contribution in [0.1, 0.15) is 6.92 Å². The first kappa shape index (κ1) is 14.8. The molecule has 0 unspecified atom stereocenters. The molecule has 0 spiro atoms. The molecule has 2 rings (SSSR count). The van der Waals surface area contributed by atoms with Crippen LogP contribution in [-0.2, 0) is 9.59 Å². The predicted molar refractivity (Wildman–Crippen MR) is 78.5 cm³/mol. The van der Waals surface area contributed by atoms with Gasteiger partial charge in [-0.3, -0.25) is 9.59 Å². The Kier molecular flexibility index (Phi) is 5.00. The molecule has 0 aromatic heterocycles. The van der Waals surface area contributed by atoms with Gasteiger partial charge in [0, 0.05) is 11.0 Å². The molecule has 1 heterocycles. The summed E-state index contributed by atoms with van der Waals surface area (Å²) in [5.41, 5.74) is 0. The first-order valence-electron chi connectivity index (χ1n) is 6.54. The van der Waals surface area contributed by atoms with Crippen molar-refractivity contribution in [1.29, 1.82) is 0 Å². The quantitative estimate of drug-likeness (QED) is 0.816. The molecule has 0 N–H and O–H groups in total. The van der Waals surface area contributed by atoms with Crippen molar-refractivity contribution < 1.29 is 14.3 Å². The molecule has 0 saturated carbocycles. The summed E-state index contributed by atoms with van der Waals surface area (Å²) in [4.78, 5) is 26.7. The van der Waals surface area contributed by atoms with Crippen LogP contribution in [0.15, 0.2) is 28.7 Å². The molecule has 2 amide bonds. The number of likely N-dealkylation sites (N-methyl/N-ethyl adjacent to an activating group) is 1. The van der Waals surface area contributed by atoms with E-state index >= 15 is 0 Å². The number of benzene rings is 1. The van der Waals surface area contributed by atoms with Crippen LogP contribution in [0.5, 0.6) is 5.75 Å². The lowest BCUT2D eigenvalue weighted by molar-refractivity contribution is -0.150. The highest BCUT2D eigenvalue weighted by Gasteiger charge is 2.28. The van der Waals surface area contributed by atoms with Crippen LogP contribution in [0, 0.1) is 0 Å². The Balaban J connectivity index is 1.81. The molecule has 0 radical (unpaired) electrons. The largest absolute Gasteiger partial charge is 0.492 e. The van der Waals surface area contributed by atoms with Gasteiger partial charge in [0.05, 0.1) is 19.6 Å². The summed E-state index contributed by atoms with van der Waals surface area (Å²) in [5, 5.41) is 0. The van der Waals surface area contributed by atoms with Gasteiger partial charge in [0.2, 0.25) is 11.8 Å². The Morgan fingerprint density at radius 1 is 1.10 bits per heavy atom. The molecule has 1 aliphatic heterocycles. The Morgan fingerprint density at radius 2 is 1.70 bits per heavy atom. The second-order valence-electron chi connectivity index (χ2n) is 4.53. The van der Waals surface area contributed by atoms with Crippen molar-refractivity contribution in [2.24, 2.45) is 0 Å². The average molecular weight is 341 g/mol. The number of rotatable bonds is 5. The maximum atomic E-state index is 11.9. The molecule has 1 aromatic carbocycles. The van der Waals surface area contributed by atoms with Crippen LogP contribution in [0.2, 0.25) is 0 Å². The Labute approximate surface area is 126 Å². The number of carbonyl (C=O) groups is 2. The fraction of sp³-hybridized carbons (Fsp3) is 0.429. The van der Waals surface area contributed by atoms with E-state index in [0.717, 1.165) is 10.2 Å². The van der Waals surface area contributed by atoms with Gasteiger partial charge in [-0.15, -0.1) is 0 Å². The third kappa shape index (κ3) is 3.72. The van der Waals surface area contributed by atoms with Crippen molar-refractivity contribution >= 4 is 27.7 Å². The van der Waals surface area contributed by atoms with Gasteiger partial charge in [0.1, 0.15) is 12.4 Å². The zero-order valence-corrected chi connectivity index (χ0v) is 12.9. The minimum atomic E-state index is -0.0224. The molecule has 1 fully saturated rings. The molecule has 0 bridgehead atoms. The number of carbonyl (C=O) groups excluding carboxylic acids is 2. The van der Waals surface area contributed by atoms with Crippen molar-refractivity contribution in [2.45, 2.75) is 6.92 Å². The molecule has 1 saturated heterocycles. The lowest BCUT2D eigenvalue weighted by Gasteiger charge is -2.33. The van der Waals surface area contributed by atoms with Crippen molar-refractivity contribution in [3.63, 3.8) is 0 Å². The molecule has 1 aliphatic rings. The monoisotopic (exact) mass is 340 g/mol. The molecule has 0 atom stereocenters. The number of nitrogens with zero attached hydrogens (tertiary/aromatic N) is 2. The second kappa shape index (κ2) is 6.74. The van der Waals surface area contributed by atoms with E-state index in [1.807, 2.05) is 31.2 Å². The summed E-state index contributed by atoms with van der Waals surface area (Å²) in [6.45, 7) is 3.58. The fourth-order valence-electron chi connectivity index (χ4n) is 2.00. The SMILES string of the molecule is CCN1CC(=O)N(CCOc2ccc(Br)cc2)CC1=O. The number of amides is 2. The number of ether oxygens (including phenoxy) is 1. The molecule has 108 valence electrons. The van der Waals surface area contributed by atoms with Gasteiger partial charge in [0.15, 0.2) is 0 Å². The Bertz CT molecular complexity index is 490. The summed E-state index contributed by atoms with van der Waals surface area (Å²) < 4.78 is 6.55. The average Bonchev–Trinajstić information content (AvgIpc) is 2.44. The highest BCUT2D eigenvalue weighted by Crippen LogP contribution is 2.16. The summed E-state index contributed by atoms with van der Waals surface area (Å²) in [5.74, 6) is 0.723. The summed E-state index contributed by atoms with van der Waals surface area (Å²) in [6.07, 6.45) is 0. The predicted octanol–water partition coefficient (Wildman–Crippen LogP) is 1.52. The lowest BCUT2D eigenvalue weighted by atomic mass is 10.3. The highest BCUT2D eigenvalue weighted by atomic mass is 79.9. The van der Waals surface area contributed by atoms with Crippen molar-refractivity contribution in [3.05, 3.63) is 28.7 Å². The standard InChI is InChI=1S/C14H17BrN2O3/c1-2-16-9-14(19)17(10-13(16)18)7-8-20-12-5-3-11(15)4-6-12/h3-6H,2,7-10H2,1H3. The second-order valence-corrected chi connectivity index (χ2v) is 5.44. The maximum Gasteiger partial charge on any atom is 0.242 e. The fourth-order valence-corrected chi connectivity index (χ4v) is 2.26. The van der Waals surface area contributed by atoms with Crippen LogP contribution in [0.25, 0.3) is 0 Å². The van der Waals surface area contributed by atoms with Crippen molar-refractivity contribution in [1.82, 2.24) is 9.80 Å². The van der Waals surface area contributed by atoms with Crippen LogP contribution in [0.4, 0.5) is 0 Å². The third-order valence-corrected chi connectivity index (χ3v) is 3.71. The molecule has 5 nitrogen and oxygen atoms in total. The highest BCUT2D eigenvalue weighted by molar-refractivity contribution is 9.10. The van der Waals surface area contributed by atoms with Gasteiger partial charge in [-0.1, -0.05) is 15.9 Å². The van der Waals surface area contributed by atoms with E-state index in [0.29, 0.717) is 19.7 Å². The van der Waals surface area contributed by atoms with Gasteiger partial charge in [-0.2, -0.15) is 0 Å². The summed E-state index contributed by atoms with van der Waals surface area (Å²) >= 11 is 3.35. The molecule has 20 heavy (non-hydrogen) atoms. The van der Waals surface area contributed by atoms with E-state index in [1.165, 1.54) is 0 Å². The van der Waals surface area contributed by atoms with E-state index in [-0.39, 0.29) is 24.9 Å². The van der Waals surface area contributed by atoms with Crippen molar-refractivity contribution in [2.75, 3.05) is 32.8 Å². The molecular formula is C14H17BrN2O3. The molecule has 0 aliphatic carbocycles. The normalized spacial score (nSPS) is 15.7. The van der Waals surface area contributed by atoms with Gasteiger partial charge < -0.3 is 14.5 Å². The minimum Gasteiger partial charge on any atom is -0.492 e. The van der Waals surface area contributed by atoms with Crippen molar-refractivity contribution in [3.8, 4) is 5.75 Å². The van der Waals surface area contributed by atoms with Gasteiger partial charge in [-0.05, 0) is 31.2 Å². The van der Waals surface area contributed by atoms with Gasteiger partial charge in [0.25, 0.3) is 0 Å². The molecular weight excluding hydrogens is 324 g/mol. The van der Waals surface area contributed by atoms with Crippen LogP contribution in [0.3, 0.4) is 0 Å². The topological polar surface area (TPSA) is 49.9 Å². The number of piperazine rings is 1. The van der Waals surface area contributed by atoms with E-state index in [4.69, 9.17) is 4.74 Å². The lowest BCUT2D eigenvalue weighted by Crippen LogP contribution is -2.54. The Hall–Kier alpha value is -1.56. The number of halogens is 1. The molecule has 6 heteroatoms. The van der Waals surface area contributed by atoms with E-state index in [1.54, 1.807) is 9.80 Å². The zero-order valence-electron chi connectivity index (χ0n) is 11.3. The van der Waals surface area contributed by atoms with Gasteiger partial charge in [-0.25, -0.2) is 0 Å². The Morgan fingerprint density at radius 3 is 2.35 bits per heavy atom.